The second-order valence-electron chi connectivity index (χ2n) is 5.07. The van der Waals surface area contributed by atoms with Crippen molar-refractivity contribution in [2.24, 2.45) is 9.98 Å². The van der Waals surface area contributed by atoms with Crippen LogP contribution in [0.1, 0.15) is 16.8 Å². The van der Waals surface area contributed by atoms with Gasteiger partial charge in [0.15, 0.2) is 10.8 Å². The highest BCUT2D eigenvalue weighted by molar-refractivity contribution is 7.11. The van der Waals surface area contributed by atoms with Crippen LogP contribution in [0.4, 0.5) is 13.2 Å². The molecule has 1 aromatic heterocycles. The van der Waals surface area contributed by atoms with Crippen LogP contribution < -0.4 is 5.32 Å². The van der Waals surface area contributed by atoms with Gasteiger partial charge in [-0.15, -0.1) is 22.9 Å². The van der Waals surface area contributed by atoms with Crippen molar-refractivity contribution in [3.8, 4) is 0 Å². The summed E-state index contributed by atoms with van der Waals surface area (Å²) in [7, 11) is 0. The lowest BCUT2D eigenvalue weighted by molar-refractivity contribution is -0.137. The Hall–Kier alpha value is -1.94. The fourth-order valence-electron chi connectivity index (χ4n) is 2.21. The minimum Gasteiger partial charge on any atom is -0.373 e. The molecule has 0 saturated heterocycles. The normalized spacial score (nSPS) is 15.7. The highest BCUT2D eigenvalue weighted by atomic mass is 35.5. The predicted octanol–water partition coefficient (Wildman–Crippen LogP) is 2.66. The van der Waals surface area contributed by atoms with Crippen LogP contribution in [0.5, 0.6) is 0 Å². The SMILES string of the molecule is C=NC(=NCc1cnc(C(F)(F)F)s1)C1=C(NCCl)CN(C(C)=O)C1. The third kappa shape index (κ3) is 4.79. The number of nitrogens with one attached hydrogen (secondary N) is 1. The van der Waals surface area contributed by atoms with Gasteiger partial charge >= 0.3 is 6.18 Å². The van der Waals surface area contributed by atoms with Crippen molar-refractivity contribution in [3.05, 3.63) is 27.4 Å². The van der Waals surface area contributed by atoms with Crippen molar-refractivity contribution < 1.29 is 18.0 Å². The predicted molar refractivity (Wildman–Crippen MR) is 90.9 cm³/mol. The zero-order valence-corrected chi connectivity index (χ0v) is 14.8. The Bertz CT molecular complexity index is 728. The minimum absolute atomic E-state index is 0.0141. The van der Waals surface area contributed by atoms with Gasteiger partial charge in [-0.05, 0) is 6.72 Å². The van der Waals surface area contributed by atoms with Crippen LogP contribution >= 0.6 is 22.9 Å². The molecule has 0 spiro atoms. The molecule has 136 valence electrons. The minimum atomic E-state index is -4.47. The summed E-state index contributed by atoms with van der Waals surface area (Å²) < 4.78 is 37.8. The van der Waals surface area contributed by atoms with Gasteiger partial charge in [0, 0.05) is 29.3 Å². The standard InChI is InChI=1S/C14H15ClF3N5OS/c1-8(24)23-5-10(11(6-23)22-7-15)12(19-2)20-3-9-4-21-13(25-9)14(16,17)18/h4,22H,2-3,5-7H2,1H3. The summed E-state index contributed by atoms with van der Waals surface area (Å²) in [6, 6.07) is 0.138. The molecule has 1 amide bonds. The van der Waals surface area contributed by atoms with Gasteiger partial charge in [-0.25, -0.2) is 9.98 Å². The molecule has 6 nitrogen and oxygen atoms in total. The summed E-state index contributed by atoms with van der Waals surface area (Å²) in [5.74, 6) is 0.142. The third-order valence-electron chi connectivity index (χ3n) is 3.39. The summed E-state index contributed by atoms with van der Waals surface area (Å²) in [4.78, 5) is 24.9. The first-order chi connectivity index (χ1) is 11.8. The molecule has 0 unspecified atom stereocenters. The van der Waals surface area contributed by atoms with Gasteiger partial charge < -0.3 is 10.2 Å². The summed E-state index contributed by atoms with van der Waals surface area (Å²) in [6.45, 7) is 5.50. The highest BCUT2D eigenvalue weighted by Gasteiger charge is 2.34. The topological polar surface area (TPSA) is 70.0 Å². The Morgan fingerprint density at radius 1 is 1.52 bits per heavy atom. The molecule has 0 aliphatic carbocycles. The van der Waals surface area contributed by atoms with Crippen LogP contribution in [-0.2, 0) is 17.5 Å². The molecule has 1 aromatic rings. The van der Waals surface area contributed by atoms with E-state index in [4.69, 9.17) is 11.6 Å². The molecule has 1 aliphatic heterocycles. The number of thiazole rings is 1. The monoisotopic (exact) mass is 393 g/mol. The maximum Gasteiger partial charge on any atom is 0.443 e. The van der Waals surface area contributed by atoms with Crippen molar-refractivity contribution in [3.63, 3.8) is 0 Å². The number of hydrogen-bond acceptors (Lipinski definition) is 5. The van der Waals surface area contributed by atoms with Crippen molar-refractivity contribution in [1.29, 1.82) is 0 Å². The fraction of sp³-hybridized carbons (Fsp3) is 0.429. The number of nitrogens with zero attached hydrogens (tertiary/aromatic N) is 4. The van der Waals surface area contributed by atoms with Crippen LogP contribution in [0, 0.1) is 0 Å². The molecule has 0 radical (unpaired) electrons. The van der Waals surface area contributed by atoms with Crippen molar-refractivity contribution in [2.45, 2.75) is 19.6 Å². The lowest BCUT2D eigenvalue weighted by atomic mass is 10.2. The molecule has 0 saturated carbocycles. The van der Waals surface area contributed by atoms with Crippen LogP contribution in [0.3, 0.4) is 0 Å². The Balaban J connectivity index is 2.20. The zero-order chi connectivity index (χ0) is 18.6. The molecule has 0 atom stereocenters. The lowest BCUT2D eigenvalue weighted by Crippen LogP contribution is -2.28. The van der Waals surface area contributed by atoms with Crippen molar-refractivity contribution >= 4 is 41.4 Å². The maximum absolute atomic E-state index is 12.6. The van der Waals surface area contributed by atoms with Crippen LogP contribution in [0.15, 0.2) is 27.5 Å². The van der Waals surface area contributed by atoms with Crippen molar-refractivity contribution in [1.82, 2.24) is 15.2 Å². The molecule has 1 N–H and O–H groups in total. The van der Waals surface area contributed by atoms with Gasteiger partial charge in [-0.3, -0.25) is 9.79 Å². The molecule has 11 heteroatoms. The van der Waals surface area contributed by atoms with E-state index in [1.54, 1.807) is 4.90 Å². The Morgan fingerprint density at radius 2 is 2.24 bits per heavy atom. The molecule has 0 bridgehead atoms. The van der Waals surface area contributed by atoms with E-state index < -0.39 is 11.2 Å². The number of amides is 1. The maximum atomic E-state index is 12.6. The number of carbonyl (C=O) groups is 1. The van der Waals surface area contributed by atoms with Crippen LogP contribution in [0.2, 0.25) is 0 Å². The molecule has 25 heavy (non-hydrogen) atoms. The highest BCUT2D eigenvalue weighted by Crippen LogP contribution is 2.32. The third-order valence-corrected chi connectivity index (χ3v) is 4.55. The van der Waals surface area contributed by atoms with Gasteiger partial charge in [-0.2, -0.15) is 13.2 Å². The Kier molecular flexibility index (Phi) is 6.17. The number of hydrogen-bond donors (Lipinski definition) is 1. The largest absolute Gasteiger partial charge is 0.443 e. The van der Waals surface area contributed by atoms with E-state index in [-0.39, 0.29) is 30.8 Å². The van der Waals surface area contributed by atoms with E-state index in [1.165, 1.54) is 6.92 Å². The average molecular weight is 394 g/mol. The fourth-order valence-corrected chi connectivity index (χ4v) is 3.07. The first-order valence-corrected chi connectivity index (χ1v) is 8.42. The van der Waals surface area contributed by atoms with Crippen LogP contribution in [0.25, 0.3) is 0 Å². The molecule has 1 aliphatic rings. The first-order valence-electron chi connectivity index (χ1n) is 7.07. The molecule has 2 heterocycles. The van der Waals surface area contributed by atoms with Gasteiger partial charge in [0.25, 0.3) is 0 Å². The van der Waals surface area contributed by atoms with E-state index in [0.717, 1.165) is 6.20 Å². The van der Waals surface area contributed by atoms with Crippen molar-refractivity contribution in [2.75, 3.05) is 19.1 Å². The number of aromatic nitrogens is 1. The van der Waals surface area contributed by atoms with E-state index >= 15 is 0 Å². The first kappa shape index (κ1) is 19.4. The number of alkyl halides is 4. The smallest absolute Gasteiger partial charge is 0.373 e. The zero-order valence-electron chi connectivity index (χ0n) is 13.2. The van der Waals surface area contributed by atoms with Gasteiger partial charge in [0.2, 0.25) is 5.91 Å². The molecular weight excluding hydrogens is 379 g/mol. The second kappa shape index (κ2) is 7.96. The van der Waals surface area contributed by atoms with Crippen LogP contribution in [-0.4, -0.2) is 47.4 Å². The number of carbonyl (C=O) groups excluding carboxylic acids is 1. The van der Waals surface area contributed by atoms with E-state index in [1.807, 2.05) is 0 Å². The Labute approximate surface area is 151 Å². The Morgan fingerprint density at radius 3 is 2.76 bits per heavy atom. The molecule has 0 aromatic carbocycles. The number of amidine groups is 1. The number of halogens is 4. The second-order valence-corrected chi connectivity index (χ2v) is 6.45. The number of rotatable bonds is 5. The van der Waals surface area contributed by atoms with E-state index in [9.17, 15) is 18.0 Å². The molecule has 2 rings (SSSR count). The van der Waals surface area contributed by atoms with E-state index in [2.05, 4.69) is 27.0 Å². The van der Waals surface area contributed by atoms with E-state index in [0.29, 0.717) is 34.0 Å². The molecular formula is C14H15ClF3N5OS. The summed E-state index contributed by atoms with van der Waals surface area (Å²) >= 11 is 6.22. The summed E-state index contributed by atoms with van der Waals surface area (Å²) in [5, 5.41) is 2.02. The summed E-state index contributed by atoms with van der Waals surface area (Å²) in [5.41, 5.74) is 1.34. The summed E-state index contributed by atoms with van der Waals surface area (Å²) in [6.07, 6.45) is -3.33. The average Bonchev–Trinajstić information content (AvgIpc) is 3.16. The number of aliphatic imine (C=N–C) groups is 2. The van der Waals surface area contributed by atoms with Gasteiger partial charge in [-0.1, -0.05) is 0 Å². The van der Waals surface area contributed by atoms with Gasteiger partial charge in [0.05, 0.1) is 25.6 Å². The molecule has 0 fully saturated rings. The lowest BCUT2D eigenvalue weighted by Gasteiger charge is -2.13. The van der Waals surface area contributed by atoms with Gasteiger partial charge in [0.1, 0.15) is 0 Å². The quantitative estimate of drug-likeness (QED) is 0.362.